The summed E-state index contributed by atoms with van der Waals surface area (Å²) in [5.74, 6) is 1.98. The second kappa shape index (κ2) is 9.30. The van der Waals surface area contributed by atoms with Gasteiger partial charge in [-0.2, -0.15) is 0 Å². The van der Waals surface area contributed by atoms with Gasteiger partial charge in [0.05, 0.1) is 33.3 Å². The van der Waals surface area contributed by atoms with Crippen LogP contribution in [0.3, 0.4) is 0 Å². The van der Waals surface area contributed by atoms with Crippen LogP contribution in [0.25, 0.3) is 12.2 Å². The lowest BCUT2D eigenvalue weighted by molar-refractivity contribution is -0.135. The van der Waals surface area contributed by atoms with Gasteiger partial charge in [0.25, 0.3) is 0 Å². The Labute approximate surface area is 219 Å². The third-order valence-electron chi connectivity index (χ3n) is 6.90. The summed E-state index contributed by atoms with van der Waals surface area (Å²) in [5.41, 5.74) is 3.48. The fourth-order valence-corrected chi connectivity index (χ4v) is 5.14. The number of hydrogen-bond acceptors (Lipinski definition) is 8. The van der Waals surface area contributed by atoms with Crippen LogP contribution in [0.15, 0.2) is 59.9 Å². The molecule has 0 saturated heterocycles. The first-order valence-corrected chi connectivity index (χ1v) is 12.1. The SMILES string of the molecule is COc1ccc(/C=C2/Oc3c(ccc4c3C(C3=Cc5ccccc5OC3)CC(=O)O4)C2=O)c(OC)c1OC. The van der Waals surface area contributed by atoms with Crippen molar-refractivity contribution in [3.05, 3.63) is 82.1 Å². The van der Waals surface area contributed by atoms with Crippen molar-refractivity contribution in [2.24, 2.45) is 0 Å². The molecular formula is C30H24O8. The summed E-state index contributed by atoms with van der Waals surface area (Å²) in [4.78, 5) is 26.0. The summed E-state index contributed by atoms with van der Waals surface area (Å²) in [6.07, 6.45) is 3.76. The molecule has 1 unspecified atom stereocenters. The highest BCUT2D eigenvalue weighted by molar-refractivity contribution is 6.15. The second-order valence-electron chi connectivity index (χ2n) is 8.99. The first-order valence-electron chi connectivity index (χ1n) is 12.1. The number of allylic oxidation sites excluding steroid dienone is 1. The van der Waals surface area contributed by atoms with E-state index in [1.807, 2.05) is 30.3 Å². The number of esters is 1. The van der Waals surface area contributed by atoms with Crippen molar-refractivity contribution in [1.82, 2.24) is 0 Å². The Morgan fingerprint density at radius 2 is 1.68 bits per heavy atom. The maximum absolute atomic E-state index is 13.4. The molecule has 0 aliphatic carbocycles. The zero-order valence-electron chi connectivity index (χ0n) is 21.0. The molecule has 0 aromatic heterocycles. The van der Waals surface area contributed by atoms with E-state index < -0.39 is 0 Å². The van der Waals surface area contributed by atoms with Gasteiger partial charge in [0, 0.05) is 22.6 Å². The zero-order chi connectivity index (χ0) is 26.4. The lowest BCUT2D eigenvalue weighted by Crippen LogP contribution is -2.24. The normalized spacial score (nSPS) is 18.3. The van der Waals surface area contributed by atoms with Crippen molar-refractivity contribution in [2.75, 3.05) is 27.9 Å². The molecule has 3 aromatic rings. The molecule has 8 heteroatoms. The molecule has 0 N–H and O–H groups in total. The van der Waals surface area contributed by atoms with Crippen molar-refractivity contribution in [3.8, 4) is 34.5 Å². The van der Waals surface area contributed by atoms with Crippen LogP contribution in [0.1, 0.15) is 39.4 Å². The predicted octanol–water partition coefficient (Wildman–Crippen LogP) is 5.20. The van der Waals surface area contributed by atoms with E-state index in [0.717, 1.165) is 16.9 Å². The van der Waals surface area contributed by atoms with Crippen LogP contribution < -0.4 is 28.4 Å². The molecular weight excluding hydrogens is 488 g/mol. The summed E-state index contributed by atoms with van der Waals surface area (Å²) < 4.78 is 34.1. The van der Waals surface area contributed by atoms with Gasteiger partial charge in [0.15, 0.2) is 17.3 Å². The van der Waals surface area contributed by atoms with E-state index >= 15 is 0 Å². The Morgan fingerprint density at radius 3 is 2.47 bits per heavy atom. The highest BCUT2D eigenvalue weighted by Gasteiger charge is 2.40. The van der Waals surface area contributed by atoms with E-state index in [1.165, 1.54) is 21.3 Å². The van der Waals surface area contributed by atoms with Crippen LogP contribution in [0.2, 0.25) is 0 Å². The molecule has 3 aliphatic heterocycles. The molecule has 0 amide bonds. The molecule has 3 aromatic carbocycles. The number of benzene rings is 3. The Hall–Kier alpha value is -4.72. The first kappa shape index (κ1) is 23.7. The van der Waals surface area contributed by atoms with Gasteiger partial charge < -0.3 is 28.4 Å². The molecule has 0 fully saturated rings. The highest BCUT2D eigenvalue weighted by Crippen LogP contribution is 2.50. The Balaban J connectivity index is 1.43. The first-order chi connectivity index (χ1) is 18.5. The van der Waals surface area contributed by atoms with Crippen molar-refractivity contribution >= 4 is 23.9 Å². The van der Waals surface area contributed by atoms with E-state index in [0.29, 0.717) is 52.0 Å². The fraction of sp³-hybridized carbons (Fsp3) is 0.200. The lowest BCUT2D eigenvalue weighted by Gasteiger charge is -2.30. The third kappa shape index (κ3) is 3.76. The van der Waals surface area contributed by atoms with Crippen molar-refractivity contribution < 1.29 is 38.0 Å². The summed E-state index contributed by atoms with van der Waals surface area (Å²) in [5, 5.41) is 0. The van der Waals surface area contributed by atoms with Crippen LogP contribution in [0.4, 0.5) is 0 Å². The maximum Gasteiger partial charge on any atom is 0.312 e. The average Bonchev–Trinajstić information content (AvgIpc) is 3.26. The van der Waals surface area contributed by atoms with Crippen LogP contribution in [-0.4, -0.2) is 39.7 Å². The highest BCUT2D eigenvalue weighted by atomic mass is 16.5. The number of rotatable bonds is 5. The number of Topliss-reactive ketones (excluding diaryl/α,β-unsaturated/α-hetero) is 1. The minimum Gasteiger partial charge on any atom is -0.493 e. The maximum atomic E-state index is 13.4. The van der Waals surface area contributed by atoms with E-state index in [-0.39, 0.29) is 29.9 Å². The molecule has 3 aliphatic rings. The van der Waals surface area contributed by atoms with Crippen molar-refractivity contribution in [2.45, 2.75) is 12.3 Å². The van der Waals surface area contributed by atoms with E-state index in [1.54, 1.807) is 30.3 Å². The molecule has 38 heavy (non-hydrogen) atoms. The van der Waals surface area contributed by atoms with Gasteiger partial charge >= 0.3 is 5.97 Å². The number of ether oxygens (including phenoxy) is 6. The lowest BCUT2D eigenvalue weighted by atomic mass is 9.83. The number of fused-ring (bicyclic) bond motifs is 4. The van der Waals surface area contributed by atoms with E-state index in [4.69, 9.17) is 28.4 Å². The van der Waals surface area contributed by atoms with Gasteiger partial charge in [0.2, 0.25) is 11.5 Å². The van der Waals surface area contributed by atoms with E-state index in [9.17, 15) is 9.59 Å². The molecule has 3 heterocycles. The van der Waals surface area contributed by atoms with Gasteiger partial charge in [-0.3, -0.25) is 9.59 Å². The number of hydrogen-bond donors (Lipinski definition) is 0. The molecule has 1 atom stereocenters. The predicted molar refractivity (Wildman–Crippen MR) is 138 cm³/mol. The quantitative estimate of drug-likeness (QED) is 0.262. The fourth-order valence-electron chi connectivity index (χ4n) is 5.14. The van der Waals surface area contributed by atoms with Crippen LogP contribution in [0.5, 0.6) is 34.5 Å². The van der Waals surface area contributed by atoms with Crippen molar-refractivity contribution in [1.29, 1.82) is 0 Å². The van der Waals surface area contributed by atoms with Gasteiger partial charge in [-0.25, -0.2) is 0 Å². The number of ketones is 1. The third-order valence-corrected chi connectivity index (χ3v) is 6.90. The summed E-state index contributed by atoms with van der Waals surface area (Å²) >= 11 is 0. The van der Waals surface area contributed by atoms with Crippen LogP contribution in [-0.2, 0) is 4.79 Å². The molecule has 0 radical (unpaired) electrons. The largest absolute Gasteiger partial charge is 0.493 e. The Kier molecular flexibility index (Phi) is 5.79. The zero-order valence-corrected chi connectivity index (χ0v) is 21.0. The number of carbonyl (C=O) groups excluding carboxylic acids is 2. The Morgan fingerprint density at radius 1 is 0.868 bits per heavy atom. The number of para-hydroxylation sites is 1. The van der Waals surface area contributed by atoms with Crippen molar-refractivity contribution in [3.63, 3.8) is 0 Å². The summed E-state index contributed by atoms with van der Waals surface area (Å²) in [7, 11) is 4.56. The molecule has 192 valence electrons. The molecule has 0 bridgehead atoms. The minimum absolute atomic E-state index is 0.112. The average molecular weight is 513 g/mol. The summed E-state index contributed by atoms with van der Waals surface area (Å²) in [6.45, 7) is 0.317. The summed E-state index contributed by atoms with van der Waals surface area (Å²) in [6, 6.07) is 14.5. The van der Waals surface area contributed by atoms with E-state index in [2.05, 4.69) is 0 Å². The minimum atomic E-state index is -0.364. The standard InChI is InChI=1S/C30H24O8/c1-33-23-10-8-17(28(34-2)30(23)35-3)13-24-27(32)19-9-11-22-26(29(19)38-24)20(14-25(31)37-22)18-12-16-6-4-5-7-21(16)36-15-18/h4-13,20H,14-15H2,1-3H3/b24-13+. The number of methoxy groups -OCH3 is 3. The molecule has 6 rings (SSSR count). The number of carbonyl (C=O) groups is 2. The van der Waals surface area contributed by atoms with Crippen LogP contribution >= 0.6 is 0 Å². The van der Waals surface area contributed by atoms with Gasteiger partial charge in [0.1, 0.15) is 23.9 Å². The van der Waals surface area contributed by atoms with Gasteiger partial charge in [-0.1, -0.05) is 18.2 Å². The molecule has 0 spiro atoms. The Bertz CT molecular complexity index is 1550. The smallest absolute Gasteiger partial charge is 0.312 e. The molecule has 8 nitrogen and oxygen atoms in total. The van der Waals surface area contributed by atoms with Crippen LogP contribution in [0, 0.1) is 0 Å². The second-order valence-corrected chi connectivity index (χ2v) is 8.99. The monoisotopic (exact) mass is 512 g/mol. The van der Waals surface area contributed by atoms with Gasteiger partial charge in [-0.05, 0) is 48.1 Å². The topological polar surface area (TPSA) is 89.5 Å². The molecule has 0 saturated carbocycles. The van der Waals surface area contributed by atoms with Gasteiger partial charge in [-0.15, -0.1) is 0 Å².